The van der Waals surface area contributed by atoms with Gasteiger partial charge in [-0.15, -0.1) is 0 Å². The van der Waals surface area contributed by atoms with Crippen LogP contribution in [0.4, 0.5) is 0 Å². The summed E-state index contributed by atoms with van der Waals surface area (Å²) in [5.41, 5.74) is 2.27. The van der Waals surface area contributed by atoms with E-state index in [0.29, 0.717) is 6.61 Å². The maximum absolute atomic E-state index is 8.76. The SMILES string of the molecule is OCCC1=CC[C@H](c2ccoc2)OC1. The van der Waals surface area contributed by atoms with E-state index >= 15 is 0 Å². The van der Waals surface area contributed by atoms with Crippen molar-refractivity contribution >= 4 is 0 Å². The molecule has 0 radical (unpaired) electrons. The number of aliphatic hydroxyl groups excluding tert-OH is 1. The topological polar surface area (TPSA) is 42.6 Å². The van der Waals surface area contributed by atoms with Gasteiger partial charge in [0.25, 0.3) is 0 Å². The van der Waals surface area contributed by atoms with Crippen LogP contribution in [0.1, 0.15) is 24.5 Å². The Balaban J connectivity index is 1.96. The normalized spacial score (nSPS) is 22.1. The zero-order valence-corrected chi connectivity index (χ0v) is 7.98. The summed E-state index contributed by atoms with van der Waals surface area (Å²) in [6.45, 7) is 0.821. The smallest absolute Gasteiger partial charge is 0.0960 e. The molecule has 2 heterocycles. The lowest BCUT2D eigenvalue weighted by Gasteiger charge is -2.21. The van der Waals surface area contributed by atoms with Crippen LogP contribution in [0.5, 0.6) is 0 Å². The van der Waals surface area contributed by atoms with E-state index < -0.39 is 0 Å². The van der Waals surface area contributed by atoms with Crippen molar-refractivity contribution in [2.45, 2.75) is 18.9 Å². The average Bonchev–Trinajstić information content (AvgIpc) is 2.72. The molecule has 0 saturated carbocycles. The van der Waals surface area contributed by atoms with Gasteiger partial charge in [-0.2, -0.15) is 0 Å². The van der Waals surface area contributed by atoms with Gasteiger partial charge in [0, 0.05) is 12.2 Å². The Morgan fingerprint density at radius 1 is 1.50 bits per heavy atom. The van der Waals surface area contributed by atoms with E-state index in [1.54, 1.807) is 12.5 Å². The molecule has 0 fully saturated rings. The predicted molar refractivity (Wildman–Crippen MR) is 51.8 cm³/mol. The molecule has 0 amide bonds. The number of aliphatic hydroxyl groups is 1. The van der Waals surface area contributed by atoms with Crippen molar-refractivity contribution in [3.63, 3.8) is 0 Å². The minimum Gasteiger partial charge on any atom is -0.472 e. The monoisotopic (exact) mass is 194 g/mol. The molecule has 76 valence electrons. The van der Waals surface area contributed by atoms with Crippen LogP contribution in [-0.4, -0.2) is 18.3 Å². The molecule has 0 unspecified atom stereocenters. The fourth-order valence-corrected chi connectivity index (χ4v) is 1.62. The first kappa shape index (κ1) is 9.49. The Morgan fingerprint density at radius 3 is 3.00 bits per heavy atom. The highest BCUT2D eigenvalue weighted by molar-refractivity contribution is 5.15. The summed E-state index contributed by atoms with van der Waals surface area (Å²) in [5, 5.41) is 8.76. The second kappa shape index (κ2) is 4.44. The van der Waals surface area contributed by atoms with Crippen LogP contribution in [0.3, 0.4) is 0 Å². The van der Waals surface area contributed by atoms with Crippen molar-refractivity contribution < 1.29 is 14.3 Å². The maximum Gasteiger partial charge on any atom is 0.0960 e. The number of hydrogen-bond donors (Lipinski definition) is 1. The highest BCUT2D eigenvalue weighted by atomic mass is 16.5. The van der Waals surface area contributed by atoms with E-state index in [4.69, 9.17) is 14.3 Å². The quantitative estimate of drug-likeness (QED) is 0.749. The van der Waals surface area contributed by atoms with Crippen LogP contribution in [-0.2, 0) is 4.74 Å². The third-order valence-electron chi connectivity index (χ3n) is 2.44. The number of rotatable bonds is 3. The van der Waals surface area contributed by atoms with Gasteiger partial charge in [0.15, 0.2) is 0 Å². The van der Waals surface area contributed by atoms with Crippen LogP contribution in [0, 0.1) is 0 Å². The van der Waals surface area contributed by atoms with Gasteiger partial charge in [0.1, 0.15) is 0 Å². The minimum atomic E-state index is 0.121. The Bertz CT molecular complexity index is 300. The lowest BCUT2D eigenvalue weighted by atomic mass is 10.0. The zero-order valence-electron chi connectivity index (χ0n) is 7.98. The van der Waals surface area contributed by atoms with Gasteiger partial charge in [-0.25, -0.2) is 0 Å². The highest BCUT2D eigenvalue weighted by Crippen LogP contribution is 2.27. The van der Waals surface area contributed by atoms with Crippen molar-refractivity contribution in [3.05, 3.63) is 35.8 Å². The zero-order chi connectivity index (χ0) is 9.80. The van der Waals surface area contributed by atoms with E-state index in [-0.39, 0.29) is 12.7 Å². The standard InChI is InChI=1S/C11H14O3/c12-5-3-9-1-2-11(14-7-9)10-4-6-13-8-10/h1,4,6,8,11-12H,2-3,5,7H2/t11-/m1/s1. The Morgan fingerprint density at radius 2 is 2.43 bits per heavy atom. The molecule has 3 heteroatoms. The largest absolute Gasteiger partial charge is 0.472 e. The molecule has 1 aromatic heterocycles. The third-order valence-corrected chi connectivity index (χ3v) is 2.44. The van der Waals surface area contributed by atoms with Crippen LogP contribution in [0.15, 0.2) is 34.7 Å². The van der Waals surface area contributed by atoms with Gasteiger partial charge >= 0.3 is 0 Å². The molecule has 14 heavy (non-hydrogen) atoms. The van der Waals surface area contributed by atoms with Crippen molar-refractivity contribution in [2.75, 3.05) is 13.2 Å². The Kier molecular flexibility index (Phi) is 3.01. The first-order valence-corrected chi connectivity index (χ1v) is 4.82. The lowest BCUT2D eigenvalue weighted by Crippen LogP contribution is -2.12. The number of hydrogen-bond acceptors (Lipinski definition) is 3. The van der Waals surface area contributed by atoms with Gasteiger partial charge in [-0.05, 0) is 24.5 Å². The maximum atomic E-state index is 8.76. The first-order chi connectivity index (χ1) is 6.90. The van der Waals surface area contributed by atoms with Crippen LogP contribution >= 0.6 is 0 Å². The summed E-state index contributed by atoms with van der Waals surface area (Å²) in [6, 6.07) is 1.93. The molecular formula is C11H14O3. The molecule has 0 aromatic carbocycles. The molecule has 1 aromatic rings. The molecular weight excluding hydrogens is 180 g/mol. The number of furan rings is 1. The summed E-state index contributed by atoms with van der Waals surface area (Å²) >= 11 is 0. The molecule has 0 spiro atoms. The summed E-state index contributed by atoms with van der Waals surface area (Å²) < 4.78 is 10.6. The third kappa shape index (κ3) is 2.05. The van der Waals surface area contributed by atoms with Crippen LogP contribution in [0.25, 0.3) is 0 Å². The van der Waals surface area contributed by atoms with E-state index in [1.165, 1.54) is 5.57 Å². The van der Waals surface area contributed by atoms with Crippen molar-refractivity contribution in [2.24, 2.45) is 0 Å². The van der Waals surface area contributed by atoms with Crippen LogP contribution in [0.2, 0.25) is 0 Å². The van der Waals surface area contributed by atoms with E-state index in [2.05, 4.69) is 6.08 Å². The molecule has 1 aliphatic heterocycles. The van der Waals surface area contributed by atoms with Gasteiger partial charge < -0.3 is 14.3 Å². The summed E-state index contributed by atoms with van der Waals surface area (Å²) in [6.07, 6.45) is 7.24. The molecule has 1 N–H and O–H groups in total. The first-order valence-electron chi connectivity index (χ1n) is 4.82. The van der Waals surface area contributed by atoms with E-state index in [0.717, 1.165) is 18.4 Å². The summed E-state index contributed by atoms with van der Waals surface area (Å²) in [5.74, 6) is 0. The fraction of sp³-hybridized carbons (Fsp3) is 0.455. The lowest BCUT2D eigenvalue weighted by molar-refractivity contribution is 0.0582. The van der Waals surface area contributed by atoms with E-state index in [1.807, 2.05) is 6.07 Å². The highest BCUT2D eigenvalue weighted by Gasteiger charge is 2.16. The summed E-state index contributed by atoms with van der Waals surface area (Å²) in [7, 11) is 0. The second-order valence-corrected chi connectivity index (χ2v) is 3.43. The van der Waals surface area contributed by atoms with Gasteiger partial charge in [-0.1, -0.05) is 6.08 Å². The Labute approximate surface area is 83.0 Å². The predicted octanol–water partition coefficient (Wildman–Crippen LogP) is 2.05. The molecule has 2 rings (SSSR count). The molecule has 1 atom stereocenters. The number of ether oxygens (including phenoxy) is 1. The minimum absolute atomic E-state index is 0.121. The van der Waals surface area contributed by atoms with Crippen molar-refractivity contribution in [1.29, 1.82) is 0 Å². The molecule has 0 saturated heterocycles. The van der Waals surface area contributed by atoms with Gasteiger partial charge in [-0.3, -0.25) is 0 Å². The molecule has 1 aliphatic rings. The van der Waals surface area contributed by atoms with Crippen molar-refractivity contribution in [1.82, 2.24) is 0 Å². The molecule has 0 aliphatic carbocycles. The van der Waals surface area contributed by atoms with Gasteiger partial charge in [0.05, 0.1) is 25.2 Å². The van der Waals surface area contributed by atoms with E-state index in [9.17, 15) is 0 Å². The van der Waals surface area contributed by atoms with Crippen LogP contribution < -0.4 is 0 Å². The Hall–Kier alpha value is -1.06. The fourth-order valence-electron chi connectivity index (χ4n) is 1.62. The van der Waals surface area contributed by atoms with Gasteiger partial charge in [0.2, 0.25) is 0 Å². The average molecular weight is 194 g/mol. The second-order valence-electron chi connectivity index (χ2n) is 3.43. The molecule has 0 bridgehead atoms. The van der Waals surface area contributed by atoms with Crippen molar-refractivity contribution in [3.8, 4) is 0 Å². The summed E-state index contributed by atoms with van der Waals surface area (Å²) in [4.78, 5) is 0. The molecule has 3 nitrogen and oxygen atoms in total.